The molecule has 3 heteroatoms. The number of nitrogens with one attached hydrogen (secondary N) is 1. The zero-order valence-electron chi connectivity index (χ0n) is 14.2. The first kappa shape index (κ1) is 15.1. The summed E-state index contributed by atoms with van der Waals surface area (Å²) in [5.74, 6) is 2.08. The number of aromatic nitrogens is 2. The van der Waals surface area contributed by atoms with Gasteiger partial charge in [-0.15, -0.1) is 0 Å². The maximum Gasteiger partial charge on any atom is 0.112 e. The summed E-state index contributed by atoms with van der Waals surface area (Å²) in [5, 5.41) is 3.49. The van der Waals surface area contributed by atoms with Crippen LogP contribution in [0.15, 0.2) is 0 Å². The molecule has 0 saturated heterocycles. The van der Waals surface area contributed by atoms with E-state index in [0.717, 1.165) is 19.5 Å². The van der Waals surface area contributed by atoms with E-state index < -0.39 is 0 Å². The SMILES string of the molecule is CC(n1c(C2CCCCC2)nc2c1CCNC2)C(C)(C)C. The molecule has 0 amide bonds. The average molecular weight is 289 g/mol. The zero-order chi connectivity index (χ0) is 15.0. The van der Waals surface area contributed by atoms with Gasteiger partial charge in [0.1, 0.15) is 5.82 Å². The van der Waals surface area contributed by atoms with Crippen LogP contribution in [0.3, 0.4) is 0 Å². The highest BCUT2D eigenvalue weighted by molar-refractivity contribution is 5.24. The Morgan fingerprint density at radius 3 is 2.57 bits per heavy atom. The third-order valence-electron chi connectivity index (χ3n) is 5.56. The van der Waals surface area contributed by atoms with Gasteiger partial charge in [0.25, 0.3) is 0 Å². The van der Waals surface area contributed by atoms with Crippen LogP contribution in [-0.2, 0) is 13.0 Å². The molecule has 1 aromatic rings. The van der Waals surface area contributed by atoms with E-state index in [0.29, 0.717) is 12.0 Å². The van der Waals surface area contributed by atoms with Crippen LogP contribution in [0.5, 0.6) is 0 Å². The minimum Gasteiger partial charge on any atom is -0.328 e. The Balaban J connectivity index is 2.03. The molecule has 1 saturated carbocycles. The van der Waals surface area contributed by atoms with Crippen molar-refractivity contribution < 1.29 is 0 Å². The van der Waals surface area contributed by atoms with Crippen LogP contribution in [-0.4, -0.2) is 16.1 Å². The lowest BCUT2D eigenvalue weighted by atomic mass is 9.85. The van der Waals surface area contributed by atoms with Gasteiger partial charge >= 0.3 is 0 Å². The third-order valence-corrected chi connectivity index (χ3v) is 5.56. The molecule has 1 aliphatic heterocycles. The van der Waals surface area contributed by atoms with Crippen molar-refractivity contribution in [1.82, 2.24) is 14.9 Å². The van der Waals surface area contributed by atoms with Crippen LogP contribution in [0.1, 0.15) is 89.0 Å². The van der Waals surface area contributed by atoms with Gasteiger partial charge in [-0.3, -0.25) is 0 Å². The minimum atomic E-state index is 0.281. The Morgan fingerprint density at radius 2 is 1.90 bits per heavy atom. The lowest BCUT2D eigenvalue weighted by Gasteiger charge is -2.34. The molecule has 1 N–H and O–H groups in total. The van der Waals surface area contributed by atoms with E-state index in [4.69, 9.17) is 4.98 Å². The van der Waals surface area contributed by atoms with E-state index in [1.807, 2.05) is 0 Å². The molecule has 21 heavy (non-hydrogen) atoms. The highest BCUT2D eigenvalue weighted by Crippen LogP contribution is 2.39. The first-order valence-electron chi connectivity index (χ1n) is 8.79. The molecular weight excluding hydrogens is 258 g/mol. The molecule has 2 heterocycles. The lowest BCUT2D eigenvalue weighted by molar-refractivity contribution is 0.245. The fourth-order valence-electron chi connectivity index (χ4n) is 3.82. The van der Waals surface area contributed by atoms with Crippen molar-refractivity contribution in [2.24, 2.45) is 5.41 Å². The predicted molar refractivity (Wildman–Crippen MR) is 87.6 cm³/mol. The van der Waals surface area contributed by atoms with Crippen LogP contribution < -0.4 is 5.32 Å². The average Bonchev–Trinajstić information content (AvgIpc) is 2.85. The van der Waals surface area contributed by atoms with Crippen LogP contribution in [0.4, 0.5) is 0 Å². The molecule has 0 radical (unpaired) electrons. The molecule has 0 bridgehead atoms. The van der Waals surface area contributed by atoms with Gasteiger partial charge in [0.05, 0.1) is 5.69 Å². The normalized spacial score (nSPS) is 22.1. The number of hydrogen-bond acceptors (Lipinski definition) is 2. The molecule has 3 rings (SSSR count). The number of rotatable bonds is 2. The van der Waals surface area contributed by atoms with Gasteiger partial charge in [-0.25, -0.2) is 4.98 Å². The second-order valence-corrected chi connectivity index (χ2v) is 8.04. The number of fused-ring (bicyclic) bond motifs is 1. The molecule has 1 fully saturated rings. The van der Waals surface area contributed by atoms with E-state index in [-0.39, 0.29) is 5.41 Å². The van der Waals surface area contributed by atoms with Crippen molar-refractivity contribution in [2.75, 3.05) is 6.54 Å². The van der Waals surface area contributed by atoms with Crippen LogP contribution >= 0.6 is 0 Å². The maximum atomic E-state index is 5.11. The van der Waals surface area contributed by atoms with Crippen molar-refractivity contribution >= 4 is 0 Å². The molecule has 0 spiro atoms. The van der Waals surface area contributed by atoms with Crippen LogP contribution in [0, 0.1) is 5.41 Å². The molecular formula is C18H31N3. The summed E-state index contributed by atoms with van der Waals surface area (Å²) in [6.07, 6.45) is 7.97. The lowest BCUT2D eigenvalue weighted by Crippen LogP contribution is -2.29. The maximum absolute atomic E-state index is 5.11. The summed E-state index contributed by atoms with van der Waals surface area (Å²) in [6, 6.07) is 0.517. The predicted octanol–water partition coefficient (Wildman–Crippen LogP) is 4.18. The summed E-state index contributed by atoms with van der Waals surface area (Å²) in [6.45, 7) is 11.5. The Labute approximate surface area is 129 Å². The fourth-order valence-corrected chi connectivity index (χ4v) is 3.82. The van der Waals surface area contributed by atoms with Crippen LogP contribution in [0.25, 0.3) is 0 Å². The monoisotopic (exact) mass is 289 g/mol. The molecule has 3 nitrogen and oxygen atoms in total. The summed E-state index contributed by atoms with van der Waals surface area (Å²) >= 11 is 0. The second-order valence-electron chi connectivity index (χ2n) is 8.04. The van der Waals surface area contributed by atoms with E-state index >= 15 is 0 Å². The standard InChI is InChI=1S/C18H31N3/c1-13(18(2,3)4)21-16-10-11-19-12-15(16)20-17(21)14-8-6-5-7-9-14/h13-14,19H,5-12H2,1-4H3. The van der Waals surface area contributed by atoms with E-state index in [9.17, 15) is 0 Å². The Kier molecular flexibility index (Phi) is 4.13. The molecule has 1 atom stereocenters. The van der Waals surface area contributed by atoms with Gasteiger partial charge in [-0.05, 0) is 25.2 Å². The second kappa shape index (κ2) is 5.75. The topological polar surface area (TPSA) is 29.9 Å². The number of imidazole rings is 1. The highest BCUT2D eigenvalue weighted by Gasteiger charge is 2.32. The molecule has 0 aromatic carbocycles. The summed E-state index contributed by atoms with van der Waals surface area (Å²) in [5.41, 5.74) is 3.11. The first-order valence-corrected chi connectivity index (χ1v) is 8.79. The largest absolute Gasteiger partial charge is 0.328 e. The summed E-state index contributed by atoms with van der Waals surface area (Å²) < 4.78 is 2.63. The molecule has 1 aromatic heterocycles. The van der Waals surface area contributed by atoms with E-state index in [1.165, 1.54) is 49.3 Å². The third kappa shape index (κ3) is 2.90. The highest BCUT2D eigenvalue weighted by atomic mass is 15.2. The van der Waals surface area contributed by atoms with Gasteiger partial charge < -0.3 is 9.88 Å². The van der Waals surface area contributed by atoms with Gasteiger partial charge in [-0.2, -0.15) is 0 Å². The summed E-state index contributed by atoms with van der Waals surface area (Å²) in [7, 11) is 0. The molecule has 1 aliphatic carbocycles. The number of nitrogens with zero attached hydrogens (tertiary/aromatic N) is 2. The van der Waals surface area contributed by atoms with Gasteiger partial charge in [-0.1, -0.05) is 40.0 Å². The van der Waals surface area contributed by atoms with Crippen molar-refractivity contribution in [3.8, 4) is 0 Å². The van der Waals surface area contributed by atoms with Crippen molar-refractivity contribution in [3.63, 3.8) is 0 Å². The molecule has 118 valence electrons. The van der Waals surface area contributed by atoms with Crippen molar-refractivity contribution in [2.45, 2.75) is 84.7 Å². The molecule has 1 unspecified atom stereocenters. The van der Waals surface area contributed by atoms with Crippen molar-refractivity contribution in [3.05, 3.63) is 17.2 Å². The van der Waals surface area contributed by atoms with Gasteiger partial charge in [0.2, 0.25) is 0 Å². The van der Waals surface area contributed by atoms with Gasteiger partial charge in [0.15, 0.2) is 0 Å². The van der Waals surface area contributed by atoms with Gasteiger partial charge in [0, 0.05) is 37.2 Å². The van der Waals surface area contributed by atoms with Crippen LogP contribution in [0.2, 0.25) is 0 Å². The minimum absolute atomic E-state index is 0.281. The Hall–Kier alpha value is -0.830. The number of hydrogen-bond donors (Lipinski definition) is 1. The van der Waals surface area contributed by atoms with Crippen molar-refractivity contribution in [1.29, 1.82) is 0 Å². The fraction of sp³-hybridized carbons (Fsp3) is 0.833. The quantitative estimate of drug-likeness (QED) is 0.885. The smallest absolute Gasteiger partial charge is 0.112 e. The first-order chi connectivity index (χ1) is 9.98. The Morgan fingerprint density at radius 1 is 1.19 bits per heavy atom. The van der Waals surface area contributed by atoms with E-state index in [2.05, 4.69) is 37.6 Å². The zero-order valence-corrected chi connectivity index (χ0v) is 14.2. The molecule has 2 aliphatic rings. The summed E-state index contributed by atoms with van der Waals surface area (Å²) in [4.78, 5) is 5.11. The van der Waals surface area contributed by atoms with E-state index in [1.54, 1.807) is 0 Å². The Bertz CT molecular complexity index is 489.